The lowest BCUT2D eigenvalue weighted by molar-refractivity contribution is -0.140. The fraction of sp³-hybridized carbons (Fsp3) is 0.619. The van der Waals surface area contributed by atoms with Crippen molar-refractivity contribution >= 4 is 23.5 Å². The number of unbranched alkanes of at least 4 members (excludes halogenated alkanes) is 4. The lowest BCUT2D eigenvalue weighted by atomic mass is 9.80. The Kier molecular flexibility index (Phi) is 8.43. The Bertz CT molecular complexity index is 606. The van der Waals surface area contributed by atoms with E-state index in [-0.39, 0.29) is 22.5 Å². The summed E-state index contributed by atoms with van der Waals surface area (Å²) in [6.45, 7) is 2.23. The summed E-state index contributed by atoms with van der Waals surface area (Å²) in [5, 5.41) is 9.06. The van der Waals surface area contributed by atoms with Gasteiger partial charge in [0.15, 0.2) is 0 Å². The number of ether oxygens (including phenoxy) is 1. The van der Waals surface area contributed by atoms with Crippen LogP contribution in [0.15, 0.2) is 18.2 Å². The summed E-state index contributed by atoms with van der Waals surface area (Å²) in [6, 6.07) is 4.24. The van der Waals surface area contributed by atoms with Gasteiger partial charge in [0.05, 0.1) is 16.5 Å². The minimum atomic E-state index is -1.10. The maximum Gasteiger partial charge on any atom is 0.337 e. The van der Waals surface area contributed by atoms with Gasteiger partial charge in [0, 0.05) is 6.07 Å². The molecule has 5 heteroatoms. The minimum absolute atomic E-state index is 0.00547. The van der Waals surface area contributed by atoms with Gasteiger partial charge < -0.3 is 9.84 Å². The highest BCUT2D eigenvalue weighted by Crippen LogP contribution is 2.33. The highest BCUT2D eigenvalue weighted by Gasteiger charge is 2.27. The fourth-order valence-electron chi connectivity index (χ4n) is 3.66. The zero-order valence-corrected chi connectivity index (χ0v) is 16.3. The Morgan fingerprint density at radius 3 is 2.42 bits per heavy atom. The number of carbonyl (C=O) groups excluding carboxylic acids is 1. The molecule has 1 aromatic rings. The maximum absolute atomic E-state index is 12.4. The Morgan fingerprint density at radius 2 is 1.81 bits per heavy atom. The molecule has 26 heavy (non-hydrogen) atoms. The van der Waals surface area contributed by atoms with Crippen LogP contribution in [0.25, 0.3) is 0 Å². The number of hydrogen-bond donors (Lipinski definition) is 1. The van der Waals surface area contributed by atoms with Crippen molar-refractivity contribution in [3.05, 3.63) is 28.8 Å². The number of carbonyl (C=O) groups is 2. The van der Waals surface area contributed by atoms with Crippen LogP contribution in [0.5, 0.6) is 5.75 Å². The lowest BCUT2D eigenvalue weighted by Crippen LogP contribution is -2.25. The second kappa shape index (κ2) is 10.6. The van der Waals surface area contributed by atoms with Crippen molar-refractivity contribution in [1.29, 1.82) is 0 Å². The first-order chi connectivity index (χ1) is 12.5. The molecule has 1 aromatic carbocycles. The van der Waals surface area contributed by atoms with Crippen LogP contribution in [-0.4, -0.2) is 17.0 Å². The van der Waals surface area contributed by atoms with Crippen molar-refractivity contribution in [2.24, 2.45) is 11.8 Å². The highest BCUT2D eigenvalue weighted by molar-refractivity contribution is 6.33. The topological polar surface area (TPSA) is 63.6 Å². The molecule has 1 aliphatic rings. The van der Waals surface area contributed by atoms with Gasteiger partial charge in [-0.15, -0.1) is 0 Å². The molecule has 0 saturated heterocycles. The van der Waals surface area contributed by atoms with Gasteiger partial charge in [0.2, 0.25) is 0 Å². The van der Waals surface area contributed by atoms with Crippen LogP contribution < -0.4 is 4.74 Å². The molecule has 0 bridgehead atoms. The quantitative estimate of drug-likeness (QED) is 0.319. The normalized spacial score (nSPS) is 19.9. The third-order valence-electron chi connectivity index (χ3n) is 5.29. The van der Waals surface area contributed by atoms with E-state index >= 15 is 0 Å². The summed E-state index contributed by atoms with van der Waals surface area (Å²) in [4.78, 5) is 23.3. The average Bonchev–Trinajstić information content (AvgIpc) is 2.62. The van der Waals surface area contributed by atoms with Crippen LogP contribution in [0.2, 0.25) is 5.02 Å². The largest absolute Gasteiger partial charge is 0.478 e. The monoisotopic (exact) mass is 380 g/mol. The molecule has 0 spiro atoms. The van der Waals surface area contributed by atoms with Crippen LogP contribution >= 0.6 is 11.6 Å². The summed E-state index contributed by atoms with van der Waals surface area (Å²) >= 11 is 5.92. The van der Waals surface area contributed by atoms with E-state index in [4.69, 9.17) is 21.4 Å². The van der Waals surface area contributed by atoms with E-state index in [2.05, 4.69) is 6.92 Å². The van der Waals surface area contributed by atoms with Crippen molar-refractivity contribution in [2.75, 3.05) is 0 Å². The molecule has 4 nitrogen and oxygen atoms in total. The molecule has 1 N–H and O–H groups in total. The van der Waals surface area contributed by atoms with Gasteiger partial charge in [-0.25, -0.2) is 4.79 Å². The molecular weight excluding hydrogens is 352 g/mol. The van der Waals surface area contributed by atoms with Crippen molar-refractivity contribution in [3.8, 4) is 5.75 Å². The van der Waals surface area contributed by atoms with Gasteiger partial charge in [0.1, 0.15) is 5.75 Å². The van der Waals surface area contributed by atoms with E-state index in [1.165, 1.54) is 56.7 Å². The first-order valence-electron chi connectivity index (χ1n) is 9.75. The predicted octanol–water partition coefficient (Wildman–Crippen LogP) is 6.11. The molecule has 0 unspecified atom stereocenters. The molecular formula is C21H29ClO4. The second-order valence-electron chi connectivity index (χ2n) is 7.29. The fourth-order valence-corrected chi connectivity index (χ4v) is 3.91. The third-order valence-corrected chi connectivity index (χ3v) is 5.60. The molecule has 0 amide bonds. The Labute approximate surface area is 160 Å². The Hall–Kier alpha value is -1.55. The van der Waals surface area contributed by atoms with Gasteiger partial charge in [0.25, 0.3) is 0 Å². The molecule has 1 aliphatic carbocycles. The molecule has 0 atom stereocenters. The van der Waals surface area contributed by atoms with Crippen LogP contribution in [-0.2, 0) is 4.79 Å². The molecule has 0 aromatic heterocycles. The van der Waals surface area contributed by atoms with Crippen molar-refractivity contribution in [1.82, 2.24) is 0 Å². The maximum atomic E-state index is 12.4. The number of rotatable bonds is 9. The van der Waals surface area contributed by atoms with E-state index in [1.54, 1.807) is 0 Å². The van der Waals surface area contributed by atoms with Crippen LogP contribution in [0.3, 0.4) is 0 Å². The Balaban J connectivity index is 1.74. The van der Waals surface area contributed by atoms with E-state index in [0.29, 0.717) is 5.75 Å². The predicted molar refractivity (Wildman–Crippen MR) is 103 cm³/mol. The van der Waals surface area contributed by atoms with E-state index in [1.807, 2.05) is 0 Å². The average molecular weight is 381 g/mol. The molecule has 0 radical (unpaired) electrons. The summed E-state index contributed by atoms with van der Waals surface area (Å²) in [5.41, 5.74) is 0.00547. The number of carboxylic acid groups (broad SMARTS) is 1. The van der Waals surface area contributed by atoms with Crippen molar-refractivity contribution < 1.29 is 19.4 Å². The number of carboxylic acids is 1. The van der Waals surface area contributed by atoms with Crippen LogP contribution in [0, 0.1) is 11.8 Å². The smallest absolute Gasteiger partial charge is 0.337 e. The van der Waals surface area contributed by atoms with E-state index in [9.17, 15) is 9.59 Å². The Morgan fingerprint density at radius 1 is 1.12 bits per heavy atom. The summed E-state index contributed by atoms with van der Waals surface area (Å²) in [7, 11) is 0. The molecule has 2 rings (SSSR count). The number of benzene rings is 1. The molecule has 1 fully saturated rings. The van der Waals surface area contributed by atoms with Gasteiger partial charge in [-0.2, -0.15) is 0 Å². The molecule has 0 heterocycles. The zero-order valence-electron chi connectivity index (χ0n) is 15.5. The second-order valence-corrected chi connectivity index (χ2v) is 7.70. The zero-order chi connectivity index (χ0) is 18.9. The highest BCUT2D eigenvalue weighted by atomic mass is 35.5. The molecule has 144 valence electrons. The number of hydrogen-bond acceptors (Lipinski definition) is 3. The summed E-state index contributed by atoms with van der Waals surface area (Å²) in [6.07, 6.45) is 11.8. The van der Waals surface area contributed by atoms with Gasteiger partial charge >= 0.3 is 11.9 Å². The first kappa shape index (κ1) is 20.8. The first-order valence-corrected chi connectivity index (χ1v) is 10.1. The number of halogens is 1. The molecule has 1 saturated carbocycles. The third kappa shape index (κ3) is 6.31. The van der Waals surface area contributed by atoms with Crippen LogP contribution in [0.4, 0.5) is 0 Å². The lowest BCUT2D eigenvalue weighted by Gasteiger charge is -2.27. The molecule has 0 aliphatic heterocycles. The minimum Gasteiger partial charge on any atom is -0.478 e. The van der Waals surface area contributed by atoms with Gasteiger partial charge in [-0.05, 0) is 43.7 Å². The van der Waals surface area contributed by atoms with E-state index in [0.717, 1.165) is 31.6 Å². The van der Waals surface area contributed by atoms with Crippen LogP contribution in [0.1, 0.15) is 81.5 Å². The van der Waals surface area contributed by atoms with Gasteiger partial charge in [-0.1, -0.05) is 57.0 Å². The number of aromatic carboxylic acids is 1. The SMILES string of the molecule is CCCCCCCC1CCC(C(=O)Oc2ccc(C(=O)O)c(Cl)c2)CC1. The summed E-state index contributed by atoms with van der Waals surface area (Å²) in [5.74, 6) is -0.344. The van der Waals surface area contributed by atoms with Crippen molar-refractivity contribution in [3.63, 3.8) is 0 Å². The standard InChI is InChI=1S/C21H29ClO4/c1-2-3-4-5-6-7-15-8-10-16(11-9-15)21(25)26-17-12-13-18(20(23)24)19(22)14-17/h12-16H,2-11H2,1H3,(H,23,24). The number of esters is 1. The van der Waals surface area contributed by atoms with Crippen molar-refractivity contribution in [2.45, 2.75) is 71.1 Å². The van der Waals surface area contributed by atoms with Gasteiger partial charge in [-0.3, -0.25) is 4.79 Å². The van der Waals surface area contributed by atoms with E-state index < -0.39 is 5.97 Å². The summed E-state index contributed by atoms with van der Waals surface area (Å²) < 4.78 is 5.41.